The van der Waals surface area contributed by atoms with Crippen molar-refractivity contribution in [3.8, 4) is 11.5 Å². The van der Waals surface area contributed by atoms with Gasteiger partial charge in [-0.1, -0.05) is 78.5 Å². The average molecular weight is 358 g/mol. The smallest absolute Gasteiger partial charge is 0.334 e. The average Bonchev–Trinajstić information content (AvgIpc) is 2.64. The second-order valence-corrected chi connectivity index (χ2v) is 8.91. The first-order valence-corrected chi connectivity index (χ1v) is 10.3. The lowest BCUT2D eigenvalue weighted by molar-refractivity contribution is 0.255. The van der Waals surface area contributed by atoms with Gasteiger partial charge in [-0.3, -0.25) is 4.90 Å². The summed E-state index contributed by atoms with van der Waals surface area (Å²) >= 11 is 0. The molecule has 24 heavy (non-hydrogen) atoms. The molecule has 0 aromatic heterocycles. The van der Waals surface area contributed by atoms with Gasteiger partial charge in [-0.15, -0.1) is 12.4 Å². The number of halogens is 1. The van der Waals surface area contributed by atoms with Crippen LogP contribution in [0.4, 0.5) is 0 Å². The van der Waals surface area contributed by atoms with Gasteiger partial charge in [0.25, 0.3) is 0 Å². The van der Waals surface area contributed by atoms with E-state index in [2.05, 4.69) is 16.4 Å². The van der Waals surface area contributed by atoms with E-state index in [4.69, 9.17) is 0 Å². The molecule has 1 aliphatic heterocycles. The maximum absolute atomic E-state index is 11.4. The van der Waals surface area contributed by atoms with Crippen molar-refractivity contribution in [1.29, 1.82) is 0 Å². The van der Waals surface area contributed by atoms with Gasteiger partial charge < -0.3 is 4.80 Å². The SMILES string of the molecule is Cl.O[Si](C#CCN1CCCCC1)(c1ccccc1)c1ccccc1. The van der Waals surface area contributed by atoms with Crippen molar-refractivity contribution in [3.63, 3.8) is 0 Å². The van der Waals surface area contributed by atoms with Crippen LogP contribution in [0.1, 0.15) is 19.3 Å². The van der Waals surface area contributed by atoms with E-state index in [0.717, 1.165) is 30.0 Å². The third-order valence-electron chi connectivity index (χ3n) is 4.40. The fraction of sp³-hybridized carbons (Fsp3) is 0.300. The summed E-state index contributed by atoms with van der Waals surface area (Å²) in [6, 6.07) is 19.8. The van der Waals surface area contributed by atoms with E-state index < -0.39 is 8.32 Å². The Morgan fingerprint density at radius 2 is 1.33 bits per heavy atom. The molecule has 0 spiro atoms. The molecule has 0 radical (unpaired) electrons. The number of hydrogen-bond donors (Lipinski definition) is 1. The fourth-order valence-corrected chi connectivity index (χ4v) is 5.37. The van der Waals surface area contributed by atoms with Crippen molar-refractivity contribution in [1.82, 2.24) is 4.90 Å². The van der Waals surface area contributed by atoms with Crippen LogP contribution in [-0.4, -0.2) is 37.6 Å². The third-order valence-corrected chi connectivity index (χ3v) is 7.28. The van der Waals surface area contributed by atoms with Crippen molar-refractivity contribution >= 4 is 31.1 Å². The van der Waals surface area contributed by atoms with Crippen LogP contribution in [0.15, 0.2) is 60.7 Å². The molecule has 0 atom stereocenters. The first kappa shape index (κ1) is 18.8. The van der Waals surface area contributed by atoms with Crippen molar-refractivity contribution in [2.24, 2.45) is 0 Å². The lowest BCUT2D eigenvalue weighted by Gasteiger charge is -2.24. The van der Waals surface area contributed by atoms with Crippen molar-refractivity contribution in [2.75, 3.05) is 19.6 Å². The fourth-order valence-electron chi connectivity index (χ4n) is 3.07. The molecule has 0 aliphatic carbocycles. The van der Waals surface area contributed by atoms with Crippen LogP contribution in [0.25, 0.3) is 0 Å². The van der Waals surface area contributed by atoms with E-state index >= 15 is 0 Å². The molecule has 1 saturated heterocycles. The number of rotatable bonds is 3. The molecule has 1 N–H and O–H groups in total. The Hall–Kier alpha value is -1.57. The van der Waals surface area contributed by atoms with E-state index in [1.54, 1.807) is 0 Å². The second-order valence-electron chi connectivity index (χ2n) is 6.08. The predicted molar refractivity (Wildman–Crippen MR) is 105 cm³/mol. The Balaban J connectivity index is 0.00000208. The minimum atomic E-state index is -2.97. The summed E-state index contributed by atoms with van der Waals surface area (Å²) in [6.45, 7) is 3.02. The van der Waals surface area contributed by atoms with Crippen LogP contribution >= 0.6 is 12.4 Å². The molecule has 4 heteroatoms. The highest BCUT2D eigenvalue weighted by molar-refractivity contribution is 7.02. The van der Waals surface area contributed by atoms with E-state index in [9.17, 15) is 4.80 Å². The topological polar surface area (TPSA) is 23.5 Å². The first-order valence-electron chi connectivity index (χ1n) is 8.35. The largest absolute Gasteiger partial charge is 0.415 e. The van der Waals surface area contributed by atoms with Gasteiger partial charge in [0.15, 0.2) is 0 Å². The molecule has 2 aromatic carbocycles. The second kappa shape index (κ2) is 9.05. The van der Waals surface area contributed by atoms with E-state index in [0.29, 0.717) is 0 Å². The van der Waals surface area contributed by atoms with Crippen LogP contribution < -0.4 is 10.4 Å². The monoisotopic (exact) mass is 357 g/mol. The Morgan fingerprint density at radius 1 is 0.833 bits per heavy atom. The minimum Gasteiger partial charge on any atom is -0.415 e. The molecule has 0 unspecified atom stereocenters. The van der Waals surface area contributed by atoms with Crippen LogP contribution in [0.3, 0.4) is 0 Å². The summed E-state index contributed by atoms with van der Waals surface area (Å²) in [5.74, 6) is 3.28. The van der Waals surface area contributed by atoms with Gasteiger partial charge in [-0.05, 0) is 36.3 Å². The van der Waals surface area contributed by atoms with Crippen molar-refractivity contribution < 1.29 is 4.80 Å². The lowest BCUT2D eigenvalue weighted by atomic mass is 10.1. The van der Waals surface area contributed by atoms with Crippen LogP contribution in [0, 0.1) is 11.5 Å². The Bertz CT molecular complexity index is 636. The van der Waals surface area contributed by atoms with Crippen molar-refractivity contribution in [3.05, 3.63) is 60.7 Å². The maximum Gasteiger partial charge on any atom is 0.334 e. The summed E-state index contributed by atoms with van der Waals surface area (Å²) in [4.78, 5) is 13.8. The molecule has 0 saturated carbocycles. The molecule has 126 valence electrons. The zero-order valence-corrected chi connectivity index (χ0v) is 15.6. The normalized spacial score (nSPS) is 15.0. The Labute approximate surface area is 152 Å². The number of likely N-dealkylation sites (tertiary alicyclic amines) is 1. The molecule has 1 fully saturated rings. The standard InChI is InChI=1S/C20H23NOSi.ClH/c22-23(19-11-4-1-5-12-19,20-13-6-2-7-14-20)18-10-17-21-15-8-3-9-16-21;/h1-2,4-7,11-14,22H,3,8-9,15-17H2;1H. The van der Waals surface area contributed by atoms with Crippen LogP contribution in [0.2, 0.25) is 0 Å². The molecular formula is C20H24ClNOSi. The van der Waals surface area contributed by atoms with E-state index in [1.165, 1.54) is 19.3 Å². The zero-order chi connectivity index (χ0) is 16.0. The van der Waals surface area contributed by atoms with E-state index in [-0.39, 0.29) is 12.4 Å². The van der Waals surface area contributed by atoms with Gasteiger partial charge in [0.1, 0.15) is 0 Å². The number of nitrogens with zero attached hydrogens (tertiary/aromatic N) is 1. The van der Waals surface area contributed by atoms with Crippen molar-refractivity contribution in [2.45, 2.75) is 19.3 Å². The van der Waals surface area contributed by atoms with Gasteiger partial charge in [0.05, 0.1) is 6.54 Å². The lowest BCUT2D eigenvalue weighted by Crippen LogP contribution is -2.58. The Kier molecular flexibility index (Phi) is 7.08. The predicted octanol–water partition coefficient (Wildman–Crippen LogP) is 2.19. The molecular weight excluding hydrogens is 334 g/mol. The molecule has 2 nitrogen and oxygen atoms in total. The van der Waals surface area contributed by atoms with Gasteiger partial charge in [-0.2, -0.15) is 0 Å². The van der Waals surface area contributed by atoms with Gasteiger partial charge >= 0.3 is 8.32 Å². The number of piperidine rings is 1. The quantitative estimate of drug-likeness (QED) is 0.672. The van der Waals surface area contributed by atoms with E-state index in [1.807, 2.05) is 60.7 Å². The van der Waals surface area contributed by atoms with Crippen LogP contribution in [-0.2, 0) is 0 Å². The Morgan fingerprint density at radius 3 is 1.83 bits per heavy atom. The molecule has 0 bridgehead atoms. The molecule has 1 heterocycles. The first-order chi connectivity index (χ1) is 11.3. The minimum absolute atomic E-state index is 0. The molecule has 0 amide bonds. The highest BCUT2D eigenvalue weighted by Gasteiger charge is 2.34. The summed E-state index contributed by atoms with van der Waals surface area (Å²) < 4.78 is 0. The van der Waals surface area contributed by atoms with Gasteiger partial charge in [-0.25, -0.2) is 0 Å². The maximum atomic E-state index is 11.4. The third kappa shape index (κ3) is 4.49. The summed E-state index contributed by atoms with van der Waals surface area (Å²) in [5, 5.41) is 1.91. The molecule has 2 aromatic rings. The van der Waals surface area contributed by atoms with Gasteiger partial charge in [0, 0.05) is 0 Å². The molecule has 1 aliphatic rings. The summed E-state index contributed by atoms with van der Waals surface area (Å²) in [5.41, 5.74) is 3.28. The number of benzene rings is 2. The highest BCUT2D eigenvalue weighted by atomic mass is 35.5. The summed E-state index contributed by atoms with van der Waals surface area (Å²) in [7, 11) is -2.97. The zero-order valence-electron chi connectivity index (χ0n) is 13.8. The van der Waals surface area contributed by atoms with Crippen LogP contribution in [0.5, 0.6) is 0 Å². The van der Waals surface area contributed by atoms with Gasteiger partial charge in [0.2, 0.25) is 0 Å². The molecule has 3 rings (SSSR count). The summed E-state index contributed by atoms with van der Waals surface area (Å²) in [6.07, 6.45) is 3.86. The number of hydrogen-bond acceptors (Lipinski definition) is 2. The highest BCUT2D eigenvalue weighted by Crippen LogP contribution is 2.07.